The molecule has 0 bridgehead atoms. The predicted molar refractivity (Wildman–Crippen MR) is 94.2 cm³/mol. The van der Waals surface area contributed by atoms with Crippen molar-refractivity contribution in [1.29, 1.82) is 0 Å². The first-order chi connectivity index (χ1) is 12.9. The van der Waals surface area contributed by atoms with Gasteiger partial charge in [-0.3, -0.25) is 4.79 Å². The van der Waals surface area contributed by atoms with Gasteiger partial charge >= 0.3 is 6.09 Å². The van der Waals surface area contributed by atoms with Crippen LogP contribution in [0.15, 0.2) is 30.3 Å². The Labute approximate surface area is 158 Å². The van der Waals surface area contributed by atoms with Gasteiger partial charge < -0.3 is 20.1 Å². The van der Waals surface area contributed by atoms with Gasteiger partial charge in [-0.15, -0.1) is 0 Å². The number of carbonyl (C=O) groups is 2. The minimum atomic E-state index is -0.719. The van der Waals surface area contributed by atoms with Gasteiger partial charge in [-0.05, 0) is 30.3 Å². The lowest BCUT2D eigenvalue weighted by Crippen LogP contribution is -2.33. The summed E-state index contributed by atoms with van der Waals surface area (Å²) in [6.07, 6.45) is -0.402. The van der Waals surface area contributed by atoms with Gasteiger partial charge in [0, 0.05) is 12.1 Å². The van der Waals surface area contributed by atoms with E-state index in [0.717, 1.165) is 12.1 Å². The molecule has 3 rings (SSSR count). The monoisotopic (exact) mass is 396 g/mol. The number of methoxy groups -OCH3 is 1. The molecule has 6 nitrogen and oxygen atoms in total. The number of carbonyl (C=O) groups excluding carboxylic acids is 2. The second-order valence-electron chi connectivity index (χ2n) is 5.75. The maximum Gasteiger partial charge on any atom is 0.407 e. The van der Waals surface area contributed by atoms with Crippen LogP contribution in [0.2, 0.25) is 5.02 Å². The van der Waals surface area contributed by atoms with Crippen molar-refractivity contribution in [3.8, 4) is 5.75 Å². The smallest absolute Gasteiger partial charge is 0.407 e. The van der Waals surface area contributed by atoms with Crippen molar-refractivity contribution in [2.75, 3.05) is 19.0 Å². The Morgan fingerprint density at radius 1 is 1.22 bits per heavy atom. The number of anilines is 1. The van der Waals surface area contributed by atoms with Crippen molar-refractivity contribution in [1.82, 2.24) is 5.32 Å². The Morgan fingerprint density at radius 2 is 1.96 bits per heavy atom. The number of rotatable bonds is 3. The number of ether oxygens (including phenoxy) is 2. The summed E-state index contributed by atoms with van der Waals surface area (Å²) in [6, 6.07) is 5.41. The van der Waals surface area contributed by atoms with Crippen LogP contribution >= 0.6 is 11.6 Å². The molecule has 0 radical (unpaired) electrons. The van der Waals surface area contributed by atoms with Crippen LogP contribution in [0.5, 0.6) is 5.75 Å². The van der Waals surface area contributed by atoms with Crippen LogP contribution in [0.3, 0.4) is 0 Å². The normalized spacial score (nSPS) is 15.3. The first kappa shape index (κ1) is 18.9. The van der Waals surface area contributed by atoms with Crippen LogP contribution in [0.4, 0.5) is 19.3 Å². The number of nitrogens with one attached hydrogen (secondary N) is 2. The van der Waals surface area contributed by atoms with Crippen molar-refractivity contribution in [3.63, 3.8) is 0 Å². The number of amides is 2. The number of fused-ring (bicyclic) bond motifs is 1. The third-order valence-corrected chi connectivity index (χ3v) is 4.33. The van der Waals surface area contributed by atoms with Crippen LogP contribution < -0.4 is 15.4 Å². The number of benzene rings is 2. The molecule has 2 amide bonds. The third-order valence-electron chi connectivity index (χ3n) is 4.04. The Balaban J connectivity index is 1.92. The summed E-state index contributed by atoms with van der Waals surface area (Å²) < 4.78 is 37.7. The zero-order chi connectivity index (χ0) is 19.6. The quantitative estimate of drug-likeness (QED) is 0.820. The second-order valence-corrected chi connectivity index (χ2v) is 6.15. The van der Waals surface area contributed by atoms with E-state index in [0.29, 0.717) is 6.42 Å². The highest BCUT2D eigenvalue weighted by Crippen LogP contribution is 2.37. The molecular formula is C18H15ClF2N2O4. The fraction of sp³-hybridized carbons (Fsp3) is 0.222. The minimum absolute atomic E-state index is 0.0355. The molecule has 9 heteroatoms. The van der Waals surface area contributed by atoms with E-state index in [4.69, 9.17) is 16.3 Å². The Hall–Kier alpha value is -2.87. The zero-order valence-electron chi connectivity index (χ0n) is 14.1. The molecule has 142 valence electrons. The van der Waals surface area contributed by atoms with Crippen molar-refractivity contribution in [2.24, 2.45) is 0 Å². The van der Waals surface area contributed by atoms with Crippen molar-refractivity contribution in [3.05, 3.63) is 58.1 Å². The molecule has 1 atom stereocenters. The van der Waals surface area contributed by atoms with Crippen LogP contribution in [0.25, 0.3) is 0 Å². The molecule has 27 heavy (non-hydrogen) atoms. The fourth-order valence-corrected chi connectivity index (χ4v) is 2.96. The fourth-order valence-electron chi connectivity index (χ4n) is 2.78. The largest absolute Gasteiger partial charge is 0.492 e. The molecule has 0 aromatic heterocycles. The van der Waals surface area contributed by atoms with Gasteiger partial charge in [0.25, 0.3) is 5.91 Å². The Bertz CT molecular complexity index is 907. The number of hydrogen-bond donors (Lipinski definition) is 2. The number of hydrogen-bond acceptors (Lipinski definition) is 4. The summed E-state index contributed by atoms with van der Waals surface area (Å²) in [7, 11) is 1.20. The zero-order valence-corrected chi connectivity index (χ0v) is 14.9. The average molecular weight is 397 g/mol. The van der Waals surface area contributed by atoms with E-state index < -0.39 is 29.7 Å². The first-order valence-electron chi connectivity index (χ1n) is 7.96. The topological polar surface area (TPSA) is 76.7 Å². The Morgan fingerprint density at radius 3 is 2.67 bits per heavy atom. The minimum Gasteiger partial charge on any atom is -0.492 e. The van der Waals surface area contributed by atoms with Gasteiger partial charge in [-0.2, -0.15) is 0 Å². The van der Waals surface area contributed by atoms with Gasteiger partial charge in [0.15, 0.2) is 0 Å². The average Bonchev–Trinajstić information content (AvgIpc) is 2.65. The highest BCUT2D eigenvalue weighted by molar-refractivity contribution is 6.31. The number of halogens is 3. The van der Waals surface area contributed by atoms with Crippen LogP contribution in [-0.2, 0) is 4.74 Å². The Kier molecular flexibility index (Phi) is 5.46. The summed E-state index contributed by atoms with van der Waals surface area (Å²) in [5, 5.41) is 4.94. The molecule has 2 aromatic carbocycles. The molecule has 0 saturated heterocycles. The van der Waals surface area contributed by atoms with Gasteiger partial charge in [0.05, 0.1) is 35.9 Å². The van der Waals surface area contributed by atoms with Gasteiger partial charge in [-0.1, -0.05) is 11.6 Å². The maximum atomic E-state index is 14.4. The molecule has 1 heterocycles. The predicted octanol–water partition coefficient (Wildman–Crippen LogP) is 4.05. The second kappa shape index (κ2) is 7.79. The van der Waals surface area contributed by atoms with Crippen molar-refractivity contribution >= 4 is 29.3 Å². The molecule has 0 spiro atoms. The van der Waals surface area contributed by atoms with E-state index in [-0.39, 0.29) is 34.2 Å². The number of alkyl carbamates (subject to hydrolysis) is 1. The van der Waals surface area contributed by atoms with E-state index >= 15 is 0 Å². The molecule has 0 fully saturated rings. The standard InChI is InChI=1S/C18H15ClF2N2O4/c1-26-18(25)23-14-6-7-27-16-10(3-5-13(21)15(14)16)17(24)22-9-2-4-12(20)11(19)8-9/h2-5,8,14H,6-7H2,1H3,(H,22,24)(H,23,25). The van der Waals surface area contributed by atoms with Gasteiger partial charge in [-0.25, -0.2) is 13.6 Å². The summed E-state index contributed by atoms with van der Waals surface area (Å²) in [5.41, 5.74) is 0.407. The van der Waals surface area contributed by atoms with E-state index in [1.165, 1.54) is 25.3 Å². The van der Waals surface area contributed by atoms with Crippen LogP contribution in [0, 0.1) is 11.6 Å². The summed E-state index contributed by atoms with van der Waals surface area (Å²) in [5.74, 6) is -1.79. The molecule has 2 N–H and O–H groups in total. The lowest BCUT2D eigenvalue weighted by atomic mass is 9.96. The van der Waals surface area contributed by atoms with Crippen molar-refractivity contribution in [2.45, 2.75) is 12.5 Å². The molecule has 2 aromatic rings. The lowest BCUT2D eigenvalue weighted by molar-refractivity contribution is 0.102. The van der Waals surface area contributed by atoms with E-state index in [9.17, 15) is 18.4 Å². The SMILES string of the molecule is COC(=O)NC1CCOc2c(C(=O)Nc3ccc(F)c(Cl)c3)ccc(F)c21. The van der Waals surface area contributed by atoms with Gasteiger partial charge in [0.1, 0.15) is 17.4 Å². The molecule has 0 saturated carbocycles. The molecule has 1 aliphatic heterocycles. The third kappa shape index (κ3) is 3.95. The molecular weight excluding hydrogens is 382 g/mol. The summed E-state index contributed by atoms with van der Waals surface area (Å²) in [6.45, 7) is 0.174. The molecule has 0 aliphatic carbocycles. The first-order valence-corrected chi connectivity index (χ1v) is 8.34. The van der Waals surface area contributed by atoms with E-state index in [1.54, 1.807) is 0 Å². The molecule has 1 aliphatic rings. The van der Waals surface area contributed by atoms with Crippen LogP contribution in [-0.4, -0.2) is 25.7 Å². The van der Waals surface area contributed by atoms with E-state index in [2.05, 4.69) is 15.4 Å². The molecule has 1 unspecified atom stereocenters. The van der Waals surface area contributed by atoms with Crippen molar-refractivity contribution < 1.29 is 27.8 Å². The summed E-state index contributed by atoms with van der Waals surface area (Å²) >= 11 is 5.71. The van der Waals surface area contributed by atoms with Crippen LogP contribution in [0.1, 0.15) is 28.4 Å². The van der Waals surface area contributed by atoms with E-state index in [1.807, 2.05) is 0 Å². The maximum absolute atomic E-state index is 14.4. The summed E-state index contributed by atoms with van der Waals surface area (Å²) in [4.78, 5) is 24.1. The highest BCUT2D eigenvalue weighted by atomic mass is 35.5. The van der Waals surface area contributed by atoms with Gasteiger partial charge in [0.2, 0.25) is 0 Å². The highest BCUT2D eigenvalue weighted by Gasteiger charge is 2.30. The lowest BCUT2D eigenvalue weighted by Gasteiger charge is -2.28.